The smallest absolute Gasteiger partial charge is 0.416 e. The molecule has 2 aliphatic rings. The van der Waals surface area contributed by atoms with Crippen molar-refractivity contribution in [2.45, 2.75) is 50.8 Å². The lowest BCUT2D eigenvalue weighted by Gasteiger charge is -2.35. The molecule has 0 spiro atoms. The number of aromatic amines is 1. The molecule has 2 aliphatic carbocycles. The molecule has 0 aliphatic heterocycles. The number of ether oxygens (including phenoxy) is 1. The van der Waals surface area contributed by atoms with Crippen molar-refractivity contribution in [1.29, 1.82) is 0 Å². The summed E-state index contributed by atoms with van der Waals surface area (Å²) in [5.74, 6) is 0.964. The van der Waals surface area contributed by atoms with Gasteiger partial charge in [-0.2, -0.15) is 13.2 Å². The minimum absolute atomic E-state index is 0.0205. The van der Waals surface area contributed by atoms with E-state index in [2.05, 4.69) is 10.3 Å². The predicted molar refractivity (Wildman–Crippen MR) is 112 cm³/mol. The second-order valence-electron chi connectivity index (χ2n) is 8.95. The van der Waals surface area contributed by atoms with Crippen molar-refractivity contribution in [3.05, 3.63) is 59.8 Å². The molecule has 3 aromatic rings. The van der Waals surface area contributed by atoms with Gasteiger partial charge in [0.15, 0.2) is 0 Å². The highest BCUT2D eigenvalue weighted by Gasteiger charge is 2.45. The monoisotopic (exact) mass is 428 g/mol. The van der Waals surface area contributed by atoms with Crippen LogP contribution in [-0.4, -0.2) is 17.0 Å². The van der Waals surface area contributed by atoms with Crippen LogP contribution in [0.4, 0.5) is 18.9 Å². The van der Waals surface area contributed by atoms with E-state index in [1.165, 1.54) is 0 Å². The van der Waals surface area contributed by atoms with Crippen molar-refractivity contribution in [3.8, 4) is 5.75 Å². The molecule has 1 aromatic heterocycles. The molecule has 31 heavy (non-hydrogen) atoms. The number of amides is 1. The Morgan fingerprint density at radius 2 is 1.84 bits per heavy atom. The molecule has 7 heteroatoms. The first-order valence-corrected chi connectivity index (χ1v) is 10.5. The van der Waals surface area contributed by atoms with E-state index < -0.39 is 11.7 Å². The van der Waals surface area contributed by atoms with Gasteiger partial charge in [0.1, 0.15) is 5.75 Å². The van der Waals surface area contributed by atoms with Crippen LogP contribution in [0.2, 0.25) is 0 Å². The molecule has 0 unspecified atom stereocenters. The molecule has 2 fully saturated rings. The minimum atomic E-state index is -4.31. The summed E-state index contributed by atoms with van der Waals surface area (Å²) in [4.78, 5) is 15.6. The van der Waals surface area contributed by atoms with Gasteiger partial charge in [-0.05, 0) is 67.5 Å². The molecule has 0 atom stereocenters. The number of hydrogen-bond donors (Lipinski definition) is 2. The Kier molecular flexibility index (Phi) is 4.53. The zero-order chi connectivity index (χ0) is 21.8. The maximum atomic E-state index is 12.7. The van der Waals surface area contributed by atoms with Gasteiger partial charge >= 0.3 is 6.18 Å². The fraction of sp³-hybridized carbons (Fsp3) is 0.375. The molecule has 2 aromatic carbocycles. The number of carbonyl (C=O) groups is 1. The Morgan fingerprint density at radius 1 is 1.13 bits per heavy atom. The molecule has 5 rings (SSSR count). The molecule has 162 valence electrons. The number of hydrogen-bond acceptors (Lipinski definition) is 2. The highest BCUT2D eigenvalue weighted by atomic mass is 19.4. The molecular weight excluding hydrogens is 405 g/mol. The summed E-state index contributed by atoms with van der Waals surface area (Å²) in [5, 5.41) is 3.91. The van der Waals surface area contributed by atoms with Crippen molar-refractivity contribution in [3.63, 3.8) is 0 Å². The van der Waals surface area contributed by atoms with Crippen molar-refractivity contribution in [1.82, 2.24) is 4.98 Å². The number of aromatic nitrogens is 1. The molecule has 4 nitrogen and oxygen atoms in total. The normalized spacial score (nSPS) is 22.1. The van der Waals surface area contributed by atoms with E-state index in [4.69, 9.17) is 4.74 Å². The highest BCUT2D eigenvalue weighted by molar-refractivity contribution is 6.04. The number of anilines is 1. The van der Waals surface area contributed by atoms with Gasteiger partial charge in [0, 0.05) is 22.5 Å². The van der Waals surface area contributed by atoms with E-state index >= 15 is 0 Å². The number of halogens is 3. The summed E-state index contributed by atoms with van der Waals surface area (Å²) in [6, 6.07) is 11.1. The van der Waals surface area contributed by atoms with Crippen LogP contribution in [0, 0.1) is 5.41 Å². The number of nitrogens with one attached hydrogen (secondary N) is 2. The molecule has 0 saturated heterocycles. The van der Waals surface area contributed by atoms with Gasteiger partial charge in [-0.15, -0.1) is 0 Å². The van der Waals surface area contributed by atoms with Crippen molar-refractivity contribution in [2.24, 2.45) is 5.41 Å². The van der Waals surface area contributed by atoms with Crippen LogP contribution in [0.1, 0.15) is 49.7 Å². The summed E-state index contributed by atoms with van der Waals surface area (Å²) in [6.07, 6.45) is 0.857. The fourth-order valence-electron chi connectivity index (χ4n) is 4.03. The Hall–Kier alpha value is -2.96. The highest BCUT2D eigenvalue weighted by Crippen LogP contribution is 2.46. The van der Waals surface area contributed by atoms with Crippen LogP contribution >= 0.6 is 0 Å². The fourth-order valence-corrected chi connectivity index (χ4v) is 4.03. The summed E-state index contributed by atoms with van der Waals surface area (Å²) >= 11 is 0. The van der Waals surface area contributed by atoms with Crippen LogP contribution < -0.4 is 10.1 Å². The van der Waals surface area contributed by atoms with Gasteiger partial charge in [-0.3, -0.25) is 4.79 Å². The van der Waals surface area contributed by atoms with Gasteiger partial charge in [-0.1, -0.05) is 19.1 Å². The van der Waals surface area contributed by atoms with Crippen LogP contribution in [0.5, 0.6) is 5.75 Å². The predicted octanol–water partition coefficient (Wildman–Crippen LogP) is 6.25. The molecule has 2 N–H and O–H groups in total. The van der Waals surface area contributed by atoms with Gasteiger partial charge in [0.25, 0.3) is 0 Å². The second-order valence-corrected chi connectivity index (χ2v) is 8.95. The first-order chi connectivity index (χ1) is 14.7. The van der Waals surface area contributed by atoms with Crippen LogP contribution in [0.3, 0.4) is 0 Å². The zero-order valence-electron chi connectivity index (χ0n) is 17.1. The summed E-state index contributed by atoms with van der Waals surface area (Å²) in [5.41, 5.74) is 1.70. The Bertz CT molecular complexity index is 1120. The number of rotatable bonds is 5. The van der Waals surface area contributed by atoms with Gasteiger partial charge in [-0.25, -0.2) is 0 Å². The van der Waals surface area contributed by atoms with Gasteiger partial charge in [0.05, 0.1) is 17.4 Å². The minimum Gasteiger partial charge on any atom is -0.490 e. The first-order valence-electron chi connectivity index (χ1n) is 10.5. The van der Waals surface area contributed by atoms with Crippen LogP contribution in [-0.2, 0) is 11.0 Å². The molecule has 1 heterocycles. The van der Waals surface area contributed by atoms with E-state index in [-0.39, 0.29) is 23.3 Å². The number of H-pyrrole nitrogens is 1. The van der Waals surface area contributed by atoms with E-state index in [1.54, 1.807) is 18.3 Å². The maximum Gasteiger partial charge on any atom is 0.416 e. The van der Waals surface area contributed by atoms with Crippen molar-refractivity contribution < 1.29 is 22.7 Å². The van der Waals surface area contributed by atoms with E-state index in [0.29, 0.717) is 0 Å². The largest absolute Gasteiger partial charge is 0.490 e. The Morgan fingerprint density at radius 3 is 2.48 bits per heavy atom. The SMILES string of the molecule is CC1(C(=O)Nc2c[nH]c3ccc(O[C@H]4C[C@@H](c5ccc(C(F)(F)F)cc5)C4)cc23)CC1. The van der Waals surface area contributed by atoms with E-state index in [1.807, 2.05) is 25.1 Å². The van der Waals surface area contributed by atoms with Gasteiger partial charge < -0.3 is 15.0 Å². The first kappa shape index (κ1) is 20.0. The third-order valence-electron chi connectivity index (χ3n) is 6.56. The number of benzene rings is 2. The quantitative estimate of drug-likeness (QED) is 0.505. The standard InChI is InChI=1S/C24H23F3N2O2/c1-23(8-9-23)22(30)29-21-13-28-20-7-6-17(12-19(20)21)31-18-10-15(11-18)14-2-4-16(5-3-14)24(25,26)27/h2-7,12-13,15,18,28H,8-11H2,1H3,(H,29,30)/t15-,18+. The molecular formula is C24H23F3N2O2. The average Bonchev–Trinajstić information content (AvgIpc) is 3.34. The number of carbonyl (C=O) groups excluding carboxylic acids is 1. The molecule has 0 radical (unpaired) electrons. The van der Waals surface area contributed by atoms with E-state index in [0.717, 1.165) is 65.7 Å². The zero-order valence-corrected chi connectivity index (χ0v) is 17.1. The molecule has 2 saturated carbocycles. The van der Waals surface area contributed by atoms with Crippen molar-refractivity contribution >= 4 is 22.5 Å². The third-order valence-corrected chi connectivity index (χ3v) is 6.56. The third kappa shape index (κ3) is 3.89. The number of fused-ring (bicyclic) bond motifs is 1. The van der Waals surface area contributed by atoms with E-state index in [9.17, 15) is 18.0 Å². The topological polar surface area (TPSA) is 54.1 Å². The molecule has 1 amide bonds. The number of alkyl halides is 3. The summed E-state index contributed by atoms with van der Waals surface area (Å²) in [7, 11) is 0. The summed E-state index contributed by atoms with van der Waals surface area (Å²) < 4.78 is 44.3. The lowest BCUT2D eigenvalue weighted by molar-refractivity contribution is -0.137. The van der Waals surface area contributed by atoms with Crippen LogP contribution in [0.25, 0.3) is 10.9 Å². The van der Waals surface area contributed by atoms with Crippen molar-refractivity contribution in [2.75, 3.05) is 5.32 Å². The van der Waals surface area contributed by atoms with Gasteiger partial charge in [0.2, 0.25) is 5.91 Å². The average molecular weight is 428 g/mol. The Labute approximate surface area is 177 Å². The Balaban J connectivity index is 1.22. The lowest BCUT2D eigenvalue weighted by Crippen LogP contribution is -2.32. The lowest BCUT2D eigenvalue weighted by atomic mass is 9.77. The maximum absolute atomic E-state index is 12.7. The second kappa shape index (κ2) is 7.04. The summed E-state index contributed by atoms with van der Waals surface area (Å²) in [6.45, 7) is 1.97. The van der Waals surface area contributed by atoms with Crippen LogP contribution in [0.15, 0.2) is 48.7 Å². The molecule has 0 bridgehead atoms.